The Balaban J connectivity index is 0.00000484. The predicted octanol–water partition coefficient (Wildman–Crippen LogP) is 0.189. The Kier molecular flexibility index (Phi) is 10.5. The zero-order chi connectivity index (χ0) is 30.1. The minimum Gasteiger partial charge on any atom is -0.744 e. The van der Waals surface area contributed by atoms with Gasteiger partial charge in [-0.05, 0) is 62.7 Å². The molecule has 1 aliphatic heterocycles. The molecule has 0 aliphatic carbocycles. The fraction of sp³-hybridized carbons (Fsp3) is 0.393. The van der Waals surface area contributed by atoms with E-state index in [9.17, 15) is 22.9 Å². The smallest absolute Gasteiger partial charge is 0.744 e. The number of aromatic nitrogens is 3. The number of aliphatic hydroxyl groups excluding tert-OH is 1. The summed E-state index contributed by atoms with van der Waals surface area (Å²) in [4.78, 5) is 19.4. The molecule has 14 heteroatoms. The van der Waals surface area contributed by atoms with Gasteiger partial charge in [-0.1, -0.05) is 26.8 Å². The fourth-order valence-electron chi connectivity index (χ4n) is 4.48. The van der Waals surface area contributed by atoms with E-state index in [0.717, 1.165) is 35.6 Å². The standard InChI is InChI=1S/C28H35N7O5S.Na/c1-7-34(13-14-36)20-11-12-22(17(2)15-20)30-23-24(28(4,5)6)33-35-25(31-32-26(23)35)18(3)29-27(37)19-9-8-10-21(16-19)41(38,39)40;/h8-12,15-16,18,36H,7,13-14H2,1-6H3,(H,29,37)(H,38,39,40);/q;+1/p-1. The summed E-state index contributed by atoms with van der Waals surface area (Å²) in [5, 5.41) is 25.6. The van der Waals surface area contributed by atoms with Gasteiger partial charge in [-0.25, -0.2) is 13.4 Å². The molecule has 2 heterocycles. The quantitative estimate of drug-likeness (QED) is 0.258. The fourth-order valence-corrected chi connectivity index (χ4v) is 5.00. The third-order valence-corrected chi connectivity index (χ3v) is 7.49. The minimum absolute atomic E-state index is 0. The van der Waals surface area contributed by atoms with Crippen LogP contribution in [0.4, 0.5) is 11.4 Å². The SMILES string of the molecule is CCN(CCO)c1ccc(N=C2C(C(C)(C)C)=Nn3c2nnc3C(C)NC(=O)c2cccc(S(=O)(=O)[O-])c2)c(C)c1.[Na+]. The first kappa shape index (κ1) is 33.6. The van der Waals surface area contributed by atoms with E-state index in [1.54, 1.807) is 11.6 Å². The van der Waals surface area contributed by atoms with Crippen molar-refractivity contribution < 1.29 is 52.4 Å². The van der Waals surface area contributed by atoms with Crippen LogP contribution < -0.4 is 39.8 Å². The number of aliphatic hydroxyl groups is 1. The van der Waals surface area contributed by atoms with Gasteiger partial charge in [0.1, 0.15) is 15.8 Å². The molecule has 218 valence electrons. The van der Waals surface area contributed by atoms with Gasteiger partial charge in [-0.3, -0.25) is 4.79 Å². The number of carbonyl (C=O) groups is 1. The molecular weight excluding hydrogens is 569 g/mol. The summed E-state index contributed by atoms with van der Waals surface area (Å²) in [6.45, 7) is 13.1. The summed E-state index contributed by atoms with van der Waals surface area (Å²) in [5.74, 6) is 0.220. The third-order valence-electron chi connectivity index (χ3n) is 6.66. The third kappa shape index (κ3) is 7.16. The topological polar surface area (TPSA) is 165 Å². The molecule has 0 spiro atoms. The number of hydrogen-bond acceptors (Lipinski definition) is 10. The molecule has 1 amide bonds. The number of amides is 1. The molecule has 3 aromatic rings. The van der Waals surface area contributed by atoms with Crippen LogP contribution in [0.3, 0.4) is 0 Å². The Morgan fingerprint density at radius 1 is 1.19 bits per heavy atom. The second-order valence-corrected chi connectivity index (χ2v) is 12.2. The van der Waals surface area contributed by atoms with E-state index in [4.69, 9.17) is 10.1 Å². The molecule has 0 saturated carbocycles. The second kappa shape index (κ2) is 13.1. The molecule has 0 bridgehead atoms. The van der Waals surface area contributed by atoms with E-state index in [1.807, 2.05) is 52.8 Å². The molecule has 4 rings (SSSR count). The van der Waals surface area contributed by atoms with E-state index in [-0.39, 0.29) is 47.1 Å². The summed E-state index contributed by atoms with van der Waals surface area (Å²) in [6.07, 6.45) is 0. The molecule has 1 atom stereocenters. The Labute approximate surface area is 268 Å². The predicted molar refractivity (Wildman–Crippen MR) is 155 cm³/mol. The van der Waals surface area contributed by atoms with Gasteiger partial charge in [0.15, 0.2) is 5.82 Å². The van der Waals surface area contributed by atoms with Crippen LogP contribution in [0.15, 0.2) is 57.5 Å². The van der Waals surface area contributed by atoms with Crippen molar-refractivity contribution >= 4 is 38.8 Å². The van der Waals surface area contributed by atoms with Crippen LogP contribution in [0.5, 0.6) is 0 Å². The molecule has 2 N–H and O–H groups in total. The van der Waals surface area contributed by atoms with Gasteiger partial charge in [0.2, 0.25) is 5.82 Å². The van der Waals surface area contributed by atoms with E-state index >= 15 is 0 Å². The molecule has 2 aromatic carbocycles. The number of anilines is 1. The maximum Gasteiger partial charge on any atom is 1.00 e. The zero-order valence-corrected chi connectivity index (χ0v) is 27.7. The number of carbonyl (C=O) groups excluding carboxylic acids is 1. The molecular formula is C28H34N7NaO5S. The van der Waals surface area contributed by atoms with Gasteiger partial charge >= 0.3 is 29.6 Å². The van der Waals surface area contributed by atoms with Crippen molar-refractivity contribution in [1.29, 1.82) is 0 Å². The zero-order valence-electron chi connectivity index (χ0n) is 24.9. The largest absolute Gasteiger partial charge is 1.00 e. The van der Waals surface area contributed by atoms with Gasteiger partial charge in [0, 0.05) is 29.8 Å². The normalized spacial score (nSPS) is 14.7. The van der Waals surface area contributed by atoms with Crippen LogP contribution in [0.1, 0.15) is 68.2 Å². The second-order valence-electron chi connectivity index (χ2n) is 10.8. The minimum atomic E-state index is -4.70. The molecule has 1 aliphatic rings. The van der Waals surface area contributed by atoms with E-state index in [0.29, 0.717) is 29.6 Å². The van der Waals surface area contributed by atoms with Crippen molar-refractivity contribution in [2.75, 3.05) is 24.6 Å². The first-order valence-corrected chi connectivity index (χ1v) is 14.6. The van der Waals surface area contributed by atoms with Crippen molar-refractivity contribution in [1.82, 2.24) is 20.2 Å². The number of likely N-dealkylation sites (N-methyl/N-ethyl adjacent to an activating group) is 1. The monoisotopic (exact) mass is 603 g/mol. The number of rotatable bonds is 9. The summed E-state index contributed by atoms with van der Waals surface area (Å²) in [6, 6.07) is 10.2. The summed E-state index contributed by atoms with van der Waals surface area (Å²) in [7, 11) is -4.70. The maximum absolute atomic E-state index is 12.9. The number of benzene rings is 2. The van der Waals surface area contributed by atoms with Gasteiger partial charge < -0.3 is 19.9 Å². The average Bonchev–Trinajstić information content (AvgIpc) is 3.48. The maximum atomic E-state index is 12.9. The Morgan fingerprint density at radius 3 is 2.50 bits per heavy atom. The first-order valence-electron chi connectivity index (χ1n) is 13.2. The number of nitrogens with zero attached hydrogens (tertiary/aromatic N) is 6. The molecule has 0 fully saturated rings. The van der Waals surface area contributed by atoms with Gasteiger partial charge in [-0.2, -0.15) is 9.78 Å². The van der Waals surface area contributed by atoms with Crippen LogP contribution in [0.2, 0.25) is 0 Å². The van der Waals surface area contributed by atoms with E-state index in [1.165, 1.54) is 12.1 Å². The van der Waals surface area contributed by atoms with E-state index in [2.05, 4.69) is 20.4 Å². The Hall–Kier alpha value is -2.94. The average molecular weight is 604 g/mol. The van der Waals surface area contributed by atoms with Gasteiger partial charge in [0.25, 0.3) is 5.91 Å². The number of nitrogens with one attached hydrogen (secondary N) is 1. The van der Waals surface area contributed by atoms with Crippen LogP contribution in [0.25, 0.3) is 0 Å². The Bertz CT molecular complexity index is 1640. The van der Waals surface area contributed by atoms with Crippen molar-refractivity contribution in [2.24, 2.45) is 15.5 Å². The van der Waals surface area contributed by atoms with E-state index < -0.39 is 27.0 Å². The van der Waals surface area contributed by atoms with Crippen molar-refractivity contribution in [3.63, 3.8) is 0 Å². The Morgan fingerprint density at radius 2 is 1.90 bits per heavy atom. The summed E-state index contributed by atoms with van der Waals surface area (Å²) < 4.78 is 35.7. The van der Waals surface area contributed by atoms with Gasteiger partial charge in [-0.15, -0.1) is 10.2 Å². The number of aliphatic imine (C=N–C) groups is 1. The summed E-state index contributed by atoms with van der Waals surface area (Å²) in [5.41, 5.74) is 3.59. The molecule has 1 aromatic heterocycles. The summed E-state index contributed by atoms with van der Waals surface area (Å²) >= 11 is 0. The number of hydrogen-bond donors (Lipinski definition) is 2. The first-order chi connectivity index (χ1) is 19.2. The van der Waals surface area contributed by atoms with Gasteiger partial charge in [0.05, 0.1) is 28.9 Å². The van der Waals surface area contributed by atoms with Crippen LogP contribution in [0, 0.1) is 12.3 Å². The molecule has 1 unspecified atom stereocenters. The van der Waals surface area contributed by atoms with Crippen LogP contribution in [-0.4, -0.2) is 70.0 Å². The number of fused-ring (bicyclic) bond motifs is 1. The number of aryl methyl sites for hydroxylation is 1. The molecule has 12 nitrogen and oxygen atoms in total. The molecule has 0 saturated heterocycles. The van der Waals surface area contributed by atoms with Crippen molar-refractivity contribution in [3.8, 4) is 0 Å². The van der Waals surface area contributed by atoms with Crippen LogP contribution in [-0.2, 0) is 10.1 Å². The van der Waals surface area contributed by atoms with Crippen LogP contribution >= 0.6 is 0 Å². The molecule has 42 heavy (non-hydrogen) atoms. The molecule has 0 radical (unpaired) electrons. The van der Waals surface area contributed by atoms with Crippen molar-refractivity contribution in [3.05, 3.63) is 65.2 Å². The van der Waals surface area contributed by atoms with Crippen molar-refractivity contribution in [2.45, 2.75) is 52.5 Å².